The number of terminal acetylenes is 1. The second kappa shape index (κ2) is 6.87. The number of allylic oxidation sites excluding steroid dienone is 2. The van der Waals surface area contributed by atoms with E-state index in [9.17, 15) is 19.7 Å². The van der Waals surface area contributed by atoms with Crippen LogP contribution in [0.25, 0.3) is 0 Å². The van der Waals surface area contributed by atoms with Gasteiger partial charge < -0.3 is 4.74 Å². The second-order valence-electron chi connectivity index (χ2n) is 6.83. The van der Waals surface area contributed by atoms with E-state index in [1.54, 1.807) is 6.07 Å². The second-order valence-corrected chi connectivity index (χ2v) is 7.74. The summed E-state index contributed by atoms with van der Waals surface area (Å²) in [5.74, 6) is 0.930. The molecule has 142 valence electrons. The quantitative estimate of drug-likeness (QED) is 0.174. The van der Waals surface area contributed by atoms with E-state index in [4.69, 9.17) is 11.2 Å². The van der Waals surface area contributed by atoms with Crippen LogP contribution in [0.15, 0.2) is 33.9 Å². The molecule has 3 aliphatic rings. The lowest BCUT2D eigenvalue weighted by molar-refractivity contribution is -0.385. The van der Waals surface area contributed by atoms with Crippen LogP contribution in [0.1, 0.15) is 12.0 Å². The largest absolute Gasteiger partial charge is 0.473 e. The van der Waals surface area contributed by atoms with E-state index in [2.05, 4.69) is 27.0 Å². The molecule has 0 radical (unpaired) electrons. The topological polar surface area (TPSA) is 102 Å². The number of hydrogen-bond acceptors (Lipinski definition) is 6. The van der Waals surface area contributed by atoms with E-state index in [0.717, 1.165) is 11.4 Å². The average Bonchev–Trinajstić information content (AvgIpc) is 3.33. The van der Waals surface area contributed by atoms with Crippen LogP contribution in [0.2, 0.25) is 0 Å². The molecule has 1 aromatic rings. The van der Waals surface area contributed by atoms with Gasteiger partial charge in [0.05, 0.1) is 23.0 Å². The highest BCUT2D eigenvalue weighted by molar-refractivity contribution is 9.10. The first-order valence-corrected chi connectivity index (χ1v) is 9.36. The summed E-state index contributed by atoms with van der Waals surface area (Å²) in [6.45, 7) is -0.177. The predicted molar refractivity (Wildman–Crippen MR) is 102 cm³/mol. The van der Waals surface area contributed by atoms with Crippen LogP contribution >= 0.6 is 15.9 Å². The summed E-state index contributed by atoms with van der Waals surface area (Å²) in [6.07, 6.45) is 11.2. The molecule has 8 nitrogen and oxygen atoms in total. The highest BCUT2D eigenvalue weighted by Crippen LogP contribution is 2.52. The fraction of sp³-hybridized carbons (Fsp3) is 0.316. The zero-order valence-corrected chi connectivity index (χ0v) is 16.0. The van der Waals surface area contributed by atoms with Gasteiger partial charge in [-0.15, -0.1) is 6.42 Å². The minimum absolute atomic E-state index is 0.0732. The number of carbonyl (C=O) groups is 2. The minimum atomic E-state index is -0.603. The standard InChI is InChI=1S/C19H14BrN3O5/c1-2-5-28-17-12(7-13(20)8-14(17)23(26)27)9-21-22-18(24)15-10-3-4-11(6-10)16(15)19(22)25/h1,3-4,7-11,15-16H,5-6H2. The number of hydrazone groups is 1. The number of benzene rings is 1. The number of amides is 2. The van der Waals surface area contributed by atoms with Crippen LogP contribution in [0.3, 0.4) is 0 Å². The van der Waals surface area contributed by atoms with E-state index >= 15 is 0 Å². The Balaban J connectivity index is 1.67. The molecule has 1 heterocycles. The summed E-state index contributed by atoms with van der Waals surface area (Å²) in [5, 5.41) is 16.3. The molecule has 9 heteroatoms. The Morgan fingerprint density at radius 2 is 1.96 bits per heavy atom. The lowest BCUT2D eigenvalue weighted by Gasteiger charge is -2.13. The Kier molecular flexibility index (Phi) is 4.51. The predicted octanol–water partition coefficient (Wildman–Crippen LogP) is 2.51. The third kappa shape index (κ3) is 2.81. The molecule has 2 aliphatic carbocycles. The first-order valence-electron chi connectivity index (χ1n) is 8.56. The fourth-order valence-electron chi connectivity index (χ4n) is 4.22. The lowest BCUT2D eigenvalue weighted by atomic mass is 9.85. The lowest BCUT2D eigenvalue weighted by Crippen LogP contribution is -2.28. The van der Waals surface area contributed by atoms with Crippen molar-refractivity contribution in [2.75, 3.05) is 6.61 Å². The Bertz CT molecular complexity index is 966. The molecular formula is C19H14BrN3O5. The first-order chi connectivity index (χ1) is 13.4. The highest BCUT2D eigenvalue weighted by atomic mass is 79.9. The molecule has 0 spiro atoms. The number of halogens is 1. The maximum atomic E-state index is 12.7. The maximum absolute atomic E-state index is 12.7. The minimum Gasteiger partial charge on any atom is -0.473 e. The van der Waals surface area contributed by atoms with Crippen LogP contribution in [0.5, 0.6) is 5.75 Å². The van der Waals surface area contributed by atoms with E-state index < -0.39 is 4.92 Å². The number of fused-ring (bicyclic) bond motifs is 5. The van der Waals surface area contributed by atoms with Gasteiger partial charge in [-0.1, -0.05) is 34.0 Å². The summed E-state index contributed by atoms with van der Waals surface area (Å²) < 4.78 is 5.76. The van der Waals surface area contributed by atoms with Crippen molar-refractivity contribution in [3.05, 3.63) is 44.4 Å². The molecule has 1 aliphatic heterocycles. The van der Waals surface area contributed by atoms with Crippen LogP contribution < -0.4 is 4.74 Å². The molecule has 1 saturated heterocycles. The summed E-state index contributed by atoms with van der Waals surface area (Å²) in [7, 11) is 0. The Morgan fingerprint density at radius 3 is 2.54 bits per heavy atom. The SMILES string of the molecule is C#CCOc1c(C=NN2C(=O)C3C4C=CC(C4)C3C2=O)cc(Br)cc1[N+](=O)[O-]. The third-order valence-corrected chi connectivity index (χ3v) is 5.78. The van der Waals surface area contributed by atoms with Crippen molar-refractivity contribution in [1.82, 2.24) is 5.01 Å². The van der Waals surface area contributed by atoms with Crippen molar-refractivity contribution >= 4 is 39.6 Å². The number of imide groups is 1. The number of nitro groups is 1. The molecule has 4 unspecified atom stereocenters. The van der Waals surface area contributed by atoms with Crippen LogP contribution in [0.4, 0.5) is 5.69 Å². The van der Waals surface area contributed by atoms with Gasteiger partial charge >= 0.3 is 5.69 Å². The number of nitro benzene ring substituents is 1. The monoisotopic (exact) mass is 443 g/mol. The molecular weight excluding hydrogens is 430 g/mol. The van der Waals surface area contributed by atoms with Crippen molar-refractivity contribution in [3.63, 3.8) is 0 Å². The number of carbonyl (C=O) groups excluding carboxylic acids is 2. The van der Waals surface area contributed by atoms with Gasteiger partial charge in [-0.3, -0.25) is 19.7 Å². The van der Waals surface area contributed by atoms with Gasteiger partial charge in [0.2, 0.25) is 5.75 Å². The highest BCUT2D eigenvalue weighted by Gasteiger charge is 2.59. The van der Waals surface area contributed by atoms with Crippen molar-refractivity contribution in [3.8, 4) is 18.1 Å². The fourth-order valence-corrected chi connectivity index (χ4v) is 4.69. The van der Waals surface area contributed by atoms with E-state index in [0.29, 0.717) is 4.47 Å². The van der Waals surface area contributed by atoms with Crippen LogP contribution in [-0.4, -0.2) is 34.6 Å². The Morgan fingerprint density at radius 1 is 1.32 bits per heavy atom. The van der Waals surface area contributed by atoms with Gasteiger partial charge in [0.1, 0.15) is 6.61 Å². The number of nitrogens with zero attached hydrogens (tertiary/aromatic N) is 3. The van der Waals surface area contributed by atoms with E-state index in [1.807, 2.05) is 12.2 Å². The average molecular weight is 444 g/mol. The molecule has 2 bridgehead atoms. The number of rotatable bonds is 5. The van der Waals surface area contributed by atoms with Crippen LogP contribution in [-0.2, 0) is 9.59 Å². The van der Waals surface area contributed by atoms with Gasteiger partial charge in [0.15, 0.2) is 0 Å². The molecule has 0 N–H and O–H groups in total. The van der Waals surface area contributed by atoms with Gasteiger partial charge in [-0.25, -0.2) is 0 Å². The number of ether oxygens (including phenoxy) is 1. The van der Waals surface area contributed by atoms with E-state index in [-0.39, 0.29) is 59.1 Å². The molecule has 4 rings (SSSR count). The summed E-state index contributed by atoms with van der Waals surface area (Å²) >= 11 is 3.21. The van der Waals surface area contributed by atoms with Crippen molar-refractivity contribution < 1.29 is 19.2 Å². The number of hydrogen-bond donors (Lipinski definition) is 0. The van der Waals surface area contributed by atoms with Gasteiger partial charge in [0.25, 0.3) is 11.8 Å². The molecule has 0 aromatic heterocycles. The third-order valence-electron chi connectivity index (χ3n) is 5.32. The zero-order chi connectivity index (χ0) is 20.0. The summed E-state index contributed by atoms with van der Waals surface area (Å²) in [5.41, 5.74) is -0.0701. The van der Waals surface area contributed by atoms with Gasteiger partial charge in [-0.2, -0.15) is 10.1 Å². The molecule has 4 atom stereocenters. The Labute approximate surface area is 168 Å². The molecule has 28 heavy (non-hydrogen) atoms. The van der Waals surface area contributed by atoms with Gasteiger partial charge in [0, 0.05) is 16.1 Å². The smallest absolute Gasteiger partial charge is 0.312 e. The molecule has 2 fully saturated rings. The zero-order valence-electron chi connectivity index (χ0n) is 14.4. The molecule has 1 aromatic carbocycles. The van der Waals surface area contributed by atoms with Crippen molar-refractivity contribution in [2.45, 2.75) is 6.42 Å². The Hall–Kier alpha value is -2.99. The first kappa shape index (κ1) is 18.4. The van der Waals surface area contributed by atoms with Crippen LogP contribution in [0, 0.1) is 46.1 Å². The van der Waals surface area contributed by atoms with E-state index in [1.165, 1.54) is 12.3 Å². The maximum Gasteiger partial charge on any atom is 0.312 e. The summed E-state index contributed by atoms with van der Waals surface area (Å²) in [6, 6.07) is 2.82. The molecule has 1 saturated carbocycles. The van der Waals surface area contributed by atoms with Crippen molar-refractivity contribution in [1.29, 1.82) is 0 Å². The summed E-state index contributed by atoms with van der Waals surface area (Å²) in [4.78, 5) is 36.1. The van der Waals surface area contributed by atoms with Crippen molar-refractivity contribution in [2.24, 2.45) is 28.8 Å². The molecule has 2 amide bonds. The van der Waals surface area contributed by atoms with Gasteiger partial charge in [-0.05, 0) is 24.3 Å². The normalized spacial score (nSPS) is 27.5.